The molecule has 2 atom stereocenters. The number of amides is 2. The standard InChI is InChI=1S/C22H36N2O5/c1-5-13-22(2,3)15-29-21(27)23-18(16-10-7-6-8-11-16)19(25)24-14-9-12-17(24)20(26)28-4/h5,16-18H,1,6-15H2,2-4H3,(H,23,27)/t17-,18-/m0/s1. The molecule has 1 saturated carbocycles. The van der Waals surface area contributed by atoms with E-state index in [4.69, 9.17) is 9.47 Å². The summed E-state index contributed by atoms with van der Waals surface area (Å²) in [5, 5.41) is 2.83. The molecule has 1 aliphatic carbocycles. The summed E-state index contributed by atoms with van der Waals surface area (Å²) in [5.41, 5.74) is -0.214. The molecule has 1 N–H and O–H groups in total. The predicted molar refractivity (Wildman–Crippen MR) is 110 cm³/mol. The number of allylic oxidation sites excluding steroid dienone is 1. The van der Waals surface area contributed by atoms with Gasteiger partial charge in [0.25, 0.3) is 0 Å². The number of ether oxygens (including phenoxy) is 2. The Morgan fingerprint density at radius 3 is 2.48 bits per heavy atom. The van der Waals surface area contributed by atoms with Crippen LogP contribution in [0.5, 0.6) is 0 Å². The zero-order valence-corrected chi connectivity index (χ0v) is 18.1. The van der Waals surface area contributed by atoms with Crippen molar-refractivity contribution >= 4 is 18.0 Å². The van der Waals surface area contributed by atoms with E-state index in [1.54, 1.807) is 11.0 Å². The third kappa shape index (κ3) is 6.47. The van der Waals surface area contributed by atoms with E-state index in [0.29, 0.717) is 13.0 Å². The average molecular weight is 409 g/mol. The van der Waals surface area contributed by atoms with Crippen LogP contribution in [0.1, 0.15) is 65.2 Å². The van der Waals surface area contributed by atoms with Gasteiger partial charge in [0.2, 0.25) is 5.91 Å². The van der Waals surface area contributed by atoms with Gasteiger partial charge in [0, 0.05) is 12.0 Å². The number of nitrogens with one attached hydrogen (secondary N) is 1. The molecule has 7 heteroatoms. The van der Waals surface area contributed by atoms with Crippen molar-refractivity contribution in [1.82, 2.24) is 10.2 Å². The molecule has 2 fully saturated rings. The molecule has 7 nitrogen and oxygen atoms in total. The number of methoxy groups -OCH3 is 1. The molecule has 2 rings (SSSR count). The van der Waals surface area contributed by atoms with E-state index in [1.165, 1.54) is 7.11 Å². The first-order valence-electron chi connectivity index (χ1n) is 10.7. The van der Waals surface area contributed by atoms with Crippen molar-refractivity contribution < 1.29 is 23.9 Å². The molecule has 1 aliphatic heterocycles. The number of hydrogen-bond donors (Lipinski definition) is 1. The van der Waals surface area contributed by atoms with Crippen LogP contribution in [-0.2, 0) is 19.1 Å². The highest BCUT2D eigenvalue weighted by atomic mass is 16.5. The van der Waals surface area contributed by atoms with E-state index < -0.39 is 24.1 Å². The smallest absolute Gasteiger partial charge is 0.407 e. The van der Waals surface area contributed by atoms with Crippen LogP contribution in [0.4, 0.5) is 4.79 Å². The molecule has 164 valence electrons. The van der Waals surface area contributed by atoms with Crippen LogP contribution in [0, 0.1) is 11.3 Å². The molecule has 0 spiro atoms. The van der Waals surface area contributed by atoms with E-state index in [2.05, 4.69) is 11.9 Å². The minimum atomic E-state index is -0.671. The fourth-order valence-corrected chi connectivity index (χ4v) is 4.32. The normalized spacial score (nSPS) is 21.3. The van der Waals surface area contributed by atoms with Crippen molar-refractivity contribution in [3.05, 3.63) is 12.7 Å². The Morgan fingerprint density at radius 2 is 1.86 bits per heavy atom. The molecule has 0 aromatic carbocycles. The van der Waals surface area contributed by atoms with Gasteiger partial charge < -0.3 is 19.7 Å². The van der Waals surface area contributed by atoms with E-state index in [1.807, 2.05) is 13.8 Å². The third-order valence-electron chi connectivity index (χ3n) is 5.96. The number of likely N-dealkylation sites (tertiary alicyclic amines) is 1. The number of alkyl carbamates (subject to hydrolysis) is 1. The highest BCUT2D eigenvalue weighted by Gasteiger charge is 2.41. The van der Waals surface area contributed by atoms with Gasteiger partial charge in [0.15, 0.2) is 0 Å². The Labute approximate surface area is 174 Å². The van der Waals surface area contributed by atoms with Crippen molar-refractivity contribution in [2.24, 2.45) is 11.3 Å². The first-order chi connectivity index (χ1) is 13.8. The van der Waals surface area contributed by atoms with Gasteiger partial charge in [-0.05, 0) is 38.0 Å². The zero-order chi connectivity index (χ0) is 21.4. The van der Waals surface area contributed by atoms with E-state index >= 15 is 0 Å². The predicted octanol–water partition coefficient (Wildman–Crippen LogP) is 3.43. The van der Waals surface area contributed by atoms with E-state index in [9.17, 15) is 14.4 Å². The van der Waals surface area contributed by atoms with Gasteiger partial charge in [-0.15, -0.1) is 6.58 Å². The Kier molecular flexibility index (Phi) is 8.53. The quantitative estimate of drug-likeness (QED) is 0.491. The van der Waals surface area contributed by atoms with Crippen LogP contribution in [0.15, 0.2) is 12.7 Å². The molecular weight excluding hydrogens is 372 g/mol. The van der Waals surface area contributed by atoms with Crippen LogP contribution in [0.3, 0.4) is 0 Å². The van der Waals surface area contributed by atoms with Crippen LogP contribution in [0.25, 0.3) is 0 Å². The lowest BCUT2D eigenvalue weighted by atomic mass is 9.83. The molecule has 1 saturated heterocycles. The van der Waals surface area contributed by atoms with Crippen molar-refractivity contribution in [3.63, 3.8) is 0 Å². The van der Waals surface area contributed by atoms with Gasteiger partial charge in [-0.25, -0.2) is 9.59 Å². The van der Waals surface area contributed by atoms with Gasteiger partial charge in [0.1, 0.15) is 12.1 Å². The lowest BCUT2D eigenvalue weighted by Gasteiger charge is -2.34. The molecule has 0 radical (unpaired) electrons. The van der Waals surface area contributed by atoms with E-state index in [0.717, 1.165) is 44.9 Å². The number of carbonyl (C=O) groups is 3. The Balaban J connectivity index is 2.08. The summed E-state index contributed by atoms with van der Waals surface area (Å²) in [6.45, 7) is 8.47. The number of rotatable bonds is 8. The summed E-state index contributed by atoms with van der Waals surface area (Å²) in [6.07, 6.45) is 8.28. The summed E-state index contributed by atoms with van der Waals surface area (Å²) in [4.78, 5) is 39.5. The maximum absolute atomic E-state index is 13.3. The lowest BCUT2D eigenvalue weighted by Crippen LogP contribution is -2.55. The van der Waals surface area contributed by atoms with Gasteiger partial charge in [-0.1, -0.05) is 39.2 Å². The highest BCUT2D eigenvalue weighted by Crippen LogP contribution is 2.29. The van der Waals surface area contributed by atoms with Gasteiger partial charge in [-0.3, -0.25) is 4.79 Å². The fraction of sp³-hybridized carbons (Fsp3) is 0.773. The Morgan fingerprint density at radius 1 is 1.17 bits per heavy atom. The maximum atomic E-state index is 13.3. The second-order valence-corrected chi connectivity index (χ2v) is 8.97. The summed E-state index contributed by atoms with van der Waals surface area (Å²) in [7, 11) is 1.34. The van der Waals surface area contributed by atoms with Crippen molar-refractivity contribution in [3.8, 4) is 0 Å². The SMILES string of the molecule is C=CCC(C)(C)COC(=O)N[C@H](C(=O)N1CCC[C@H]1C(=O)OC)C1CCCCC1. The molecule has 1 heterocycles. The zero-order valence-electron chi connectivity index (χ0n) is 18.1. The first-order valence-corrected chi connectivity index (χ1v) is 10.7. The lowest BCUT2D eigenvalue weighted by molar-refractivity contribution is -0.152. The molecule has 2 amide bonds. The molecule has 29 heavy (non-hydrogen) atoms. The third-order valence-corrected chi connectivity index (χ3v) is 5.96. The van der Waals surface area contributed by atoms with E-state index in [-0.39, 0.29) is 23.8 Å². The highest BCUT2D eigenvalue weighted by molar-refractivity contribution is 5.90. The molecule has 0 unspecified atom stereocenters. The van der Waals surface area contributed by atoms with Crippen LogP contribution in [0.2, 0.25) is 0 Å². The van der Waals surface area contributed by atoms with Crippen LogP contribution >= 0.6 is 0 Å². The van der Waals surface area contributed by atoms with Crippen molar-refractivity contribution in [2.75, 3.05) is 20.3 Å². The molecule has 2 aliphatic rings. The number of esters is 1. The average Bonchev–Trinajstić information content (AvgIpc) is 3.20. The topological polar surface area (TPSA) is 84.9 Å². The number of hydrogen-bond acceptors (Lipinski definition) is 5. The molecule has 0 aromatic rings. The second kappa shape index (κ2) is 10.6. The van der Waals surface area contributed by atoms with Gasteiger partial charge >= 0.3 is 12.1 Å². The summed E-state index contributed by atoms with van der Waals surface area (Å²) >= 11 is 0. The molecular formula is C22H36N2O5. The summed E-state index contributed by atoms with van der Waals surface area (Å²) in [6, 6.07) is -1.24. The largest absolute Gasteiger partial charge is 0.467 e. The molecule has 0 bridgehead atoms. The first kappa shape index (κ1) is 23.2. The maximum Gasteiger partial charge on any atom is 0.407 e. The van der Waals surface area contributed by atoms with Crippen LogP contribution in [-0.4, -0.2) is 55.2 Å². The summed E-state index contributed by atoms with van der Waals surface area (Å²) < 4.78 is 10.3. The molecule has 0 aromatic heterocycles. The Bertz CT molecular complexity index is 598. The van der Waals surface area contributed by atoms with Crippen molar-refractivity contribution in [2.45, 2.75) is 77.3 Å². The van der Waals surface area contributed by atoms with Crippen LogP contribution < -0.4 is 5.32 Å². The number of carbonyl (C=O) groups excluding carboxylic acids is 3. The monoisotopic (exact) mass is 408 g/mol. The fourth-order valence-electron chi connectivity index (χ4n) is 4.32. The minimum Gasteiger partial charge on any atom is -0.467 e. The van der Waals surface area contributed by atoms with Gasteiger partial charge in [-0.2, -0.15) is 0 Å². The minimum absolute atomic E-state index is 0.0592. The Hall–Kier alpha value is -2.05. The number of nitrogens with zero attached hydrogens (tertiary/aromatic N) is 1. The summed E-state index contributed by atoms with van der Waals surface area (Å²) in [5.74, 6) is -0.539. The second-order valence-electron chi connectivity index (χ2n) is 8.97. The van der Waals surface area contributed by atoms with Gasteiger partial charge in [0.05, 0.1) is 13.7 Å². The van der Waals surface area contributed by atoms with Crippen molar-refractivity contribution in [1.29, 1.82) is 0 Å².